The molecule has 40 heavy (non-hydrogen) atoms. The van der Waals surface area contributed by atoms with Crippen LogP contribution in [0.1, 0.15) is 132 Å². The van der Waals surface area contributed by atoms with Crippen molar-refractivity contribution in [1.29, 1.82) is 0 Å². The number of aryl methyl sites for hydroxylation is 1. The highest BCUT2D eigenvalue weighted by Crippen LogP contribution is 2.47. The highest BCUT2D eigenvalue weighted by Gasteiger charge is 2.41. The molecule has 1 aromatic carbocycles. The fourth-order valence-electron chi connectivity index (χ4n) is 9.04. The number of fused-ring (bicyclic) bond motifs is 2. The van der Waals surface area contributed by atoms with Crippen molar-refractivity contribution in [2.24, 2.45) is 23.2 Å². The second-order valence-corrected chi connectivity index (χ2v) is 15.2. The first-order valence-corrected chi connectivity index (χ1v) is 17.2. The summed E-state index contributed by atoms with van der Waals surface area (Å²) < 4.78 is 2.52. The zero-order chi connectivity index (χ0) is 28.9. The molecule has 0 amide bonds. The molecular weight excluding hydrogens is 486 g/mol. The molecule has 1 aliphatic heterocycles. The van der Waals surface area contributed by atoms with Crippen molar-refractivity contribution in [3.63, 3.8) is 0 Å². The van der Waals surface area contributed by atoms with E-state index in [1.54, 1.807) is 0 Å². The van der Waals surface area contributed by atoms with E-state index in [1.165, 1.54) is 93.6 Å². The Balaban J connectivity index is 1.24. The number of anilines is 1. The average Bonchev–Trinajstić information content (AvgIpc) is 3.30. The molecule has 0 spiro atoms. The smallest absolute Gasteiger partial charge is 0.0501 e. The Kier molecular flexibility index (Phi) is 10.7. The van der Waals surface area contributed by atoms with Crippen molar-refractivity contribution < 1.29 is 0 Å². The first-order chi connectivity index (χ1) is 19.0. The SMILES string of the molecule is CC(C)C(CCCCCCCCCn1ccc2ccc(N3CC(C)(C)N[C@@H]4CCCC[C@@H]43)cc21)(C(C)C)C(C)C. The number of nitrogens with zero attached hydrogens (tertiary/aromatic N) is 2. The second kappa shape index (κ2) is 13.7. The minimum Gasteiger partial charge on any atom is -0.365 e. The number of aromatic nitrogens is 1. The normalized spacial score (nSPS) is 21.6. The Morgan fingerprint density at radius 3 is 2.12 bits per heavy atom. The maximum absolute atomic E-state index is 3.97. The van der Waals surface area contributed by atoms with Crippen LogP contribution in [0.4, 0.5) is 5.69 Å². The van der Waals surface area contributed by atoms with Gasteiger partial charge in [0.05, 0.1) is 5.52 Å². The molecule has 1 saturated heterocycles. The van der Waals surface area contributed by atoms with Crippen molar-refractivity contribution in [2.45, 2.75) is 157 Å². The summed E-state index contributed by atoms with van der Waals surface area (Å²) in [6, 6.07) is 10.8. The minimum absolute atomic E-state index is 0.163. The van der Waals surface area contributed by atoms with Crippen LogP contribution in [0.25, 0.3) is 10.9 Å². The Bertz CT molecular complexity index is 1020. The van der Waals surface area contributed by atoms with Crippen LogP contribution in [0.2, 0.25) is 0 Å². The van der Waals surface area contributed by atoms with Crippen LogP contribution >= 0.6 is 0 Å². The van der Waals surface area contributed by atoms with E-state index in [1.807, 2.05) is 0 Å². The van der Waals surface area contributed by atoms with Gasteiger partial charge in [0.15, 0.2) is 0 Å². The molecule has 0 bridgehead atoms. The van der Waals surface area contributed by atoms with Gasteiger partial charge in [-0.25, -0.2) is 0 Å². The van der Waals surface area contributed by atoms with Gasteiger partial charge in [0.25, 0.3) is 0 Å². The summed E-state index contributed by atoms with van der Waals surface area (Å²) in [6.07, 6.45) is 18.7. The van der Waals surface area contributed by atoms with Crippen molar-refractivity contribution in [1.82, 2.24) is 9.88 Å². The lowest BCUT2D eigenvalue weighted by Gasteiger charge is -2.52. The topological polar surface area (TPSA) is 20.2 Å². The summed E-state index contributed by atoms with van der Waals surface area (Å²) in [5.74, 6) is 2.30. The Hall–Kier alpha value is -1.48. The number of piperazine rings is 1. The largest absolute Gasteiger partial charge is 0.365 e. The van der Waals surface area contributed by atoms with Gasteiger partial charge in [-0.2, -0.15) is 0 Å². The quantitative estimate of drug-likeness (QED) is 0.237. The van der Waals surface area contributed by atoms with E-state index in [9.17, 15) is 0 Å². The highest BCUT2D eigenvalue weighted by molar-refractivity contribution is 5.84. The molecule has 2 aromatic rings. The van der Waals surface area contributed by atoms with E-state index in [0.717, 1.165) is 30.8 Å². The number of nitrogens with one attached hydrogen (secondary N) is 1. The lowest BCUT2D eigenvalue weighted by molar-refractivity contribution is 0.0356. The van der Waals surface area contributed by atoms with Gasteiger partial charge in [-0.05, 0) is 86.3 Å². The van der Waals surface area contributed by atoms with Gasteiger partial charge in [-0.1, -0.05) is 99.0 Å². The summed E-state index contributed by atoms with van der Waals surface area (Å²) >= 11 is 0. The van der Waals surface area contributed by atoms with Crippen molar-refractivity contribution >= 4 is 16.6 Å². The molecule has 2 heterocycles. The van der Waals surface area contributed by atoms with Crippen molar-refractivity contribution in [2.75, 3.05) is 11.4 Å². The number of hydrogen-bond acceptors (Lipinski definition) is 2. The maximum atomic E-state index is 3.97. The van der Waals surface area contributed by atoms with Crippen molar-refractivity contribution in [3.8, 4) is 0 Å². The molecule has 4 rings (SSSR count). The average molecular weight is 550 g/mol. The standard InChI is InChI=1S/C37H63N3/c1-28(2)37(29(3)4,30(5)6)23-16-12-10-9-11-13-17-24-39-25-22-31-20-21-32(26-35(31)39)40-27-36(7,8)38-33-18-14-15-19-34(33)40/h20-22,25-26,28-30,33-34,38H,9-19,23-24,27H2,1-8H3/t33-,34+/m1/s1. The fourth-order valence-corrected chi connectivity index (χ4v) is 9.04. The zero-order valence-electron chi connectivity index (χ0n) is 27.6. The minimum atomic E-state index is 0.163. The van der Waals surface area contributed by atoms with E-state index < -0.39 is 0 Å². The van der Waals surface area contributed by atoms with Gasteiger partial charge in [0.2, 0.25) is 0 Å². The lowest BCUT2D eigenvalue weighted by Crippen LogP contribution is -2.67. The third kappa shape index (κ3) is 7.11. The third-order valence-electron chi connectivity index (χ3n) is 11.1. The zero-order valence-corrected chi connectivity index (χ0v) is 27.6. The number of rotatable bonds is 14. The van der Waals surface area contributed by atoms with Crippen LogP contribution in [0.15, 0.2) is 30.5 Å². The number of benzene rings is 1. The summed E-state index contributed by atoms with van der Waals surface area (Å²) in [6.45, 7) is 21.7. The number of unbranched alkanes of at least 4 members (excludes halogenated alkanes) is 6. The molecule has 226 valence electrons. The molecule has 3 heteroatoms. The van der Waals surface area contributed by atoms with Crippen LogP contribution < -0.4 is 10.2 Å². The molecule has 1 N–H and O–H groups in total. The molecule has 0 unspecified atom stereocenters. The lowest BCUT2D eigenvalue weighted by atomic mass is 9.60. The molecule has 1 saturated carbocycles. The van der Waals surface area contributed by atoms with Crippen LogP contribution in [0, 0.1) is 23.2 Å². The first kappa shape index (κ1) is 31.5. The molecule has 1 aromatic heterocycles. The van der Waals surface area contributed by atoms with Crippen LogP contribution in [0.5, 0.6) is 0 Å². The molecular formula is C37H63N3. The predicted octanol–water partition coefficient (Wildman–Crippen LogP) is 10.2. The molecule has 1 aliphatic carbocycles. The Morgan fingerprint density at radius 2 is 1.45 bits per heavy atom. The van der Waals surface area contributed by atoms with Crippen LogP contribution in [-0.4, -0.2) is 28.7 Å². The summed E-state index contributed by atoms with van der Waals surface area (Å²) in [7, 11) is 0. The molecule has 2 atom stereocenters. The van der Waals surface area contributed by atoms with Gasteiger partial charge in [-0.3, -0.25) is 0 Å². The highest BCUT2D eigenvalue weighted by atomic mass is 15.3. The second-order valence-electron chi connectivity index (χ2n) is 15.2. The van der Waals surface area contributed by atoms with Gasteiger partial charge < -0.3 is 14.8 Å². The van der Waals surface area contributed by atoms with Crippen LogP contribution in [-0.2, 0) is 6.54 Å². The van der Waals surface area contributed by atoms with E-state index in [-0.39, 0.29) is 5.54 Å². The van der Waals surface area contributed by atoms with Crippen LogP contribution in [0.3, 0.4) is 0 Å². The Labute approximate surface area is 247 Å². The van der Waals surface area contributed by atoms with E-state index >= 15 is 0 Å². The number of hydrogen-bond donors (Lipinski definition) is 1. The first-order valence-electron chi connectivity index (χ1n) is 17.2. The van der Waals surface area contributed by atoms with Crippen molar-refractivity contribution in [3.05, 3.63) is 30.5 Å². The van der Waals surface area contributed by atoms with Gasteiger partial charge in [-0.15, -0.1) is 0 Å². The molecule has 0 radical (unpaired) electrons. The van der Waals surface area contributed by atoms with E-state index in [4.69, 9.17) is 0 Å². The fraction of sp³-hybridized carbons (Fsp3) is 0.784. The molecule has 2 fully saturated rings. The maximum Gasteiger partial charge on any atom is 0.0501 e. The van der Waals surface area contributed by atoms with E-state index in [2.05, 4.69) is 101 Å². The van der Waals surface area contributed by atoms with Gasteiger partial charge >= 0.3 is 0 Å². The summed E-state index contributed by atoms with van der Waals surface area (Å²) in [5, 5.41) is 5.35. The predicted molar refractivity (Wildman–Crippen MR) is 176 cm³/mol. The van der Waals surface area contributed by atoms with Gasteiger partial charge in [0, 0.05) is 42.6 Å². The third-order valence-corrected chi connectivity index (χ3v) is 11.1. The summed E-state index contributed by atoms with van der Waals surface area (Å²) in [5.41, 5.74) is 3.51. The monoisotopic (exact) mass is 550 g/mol. The molecule has 3 nitrogen and oxygen atoms in total. The van der Waals surface area contributed by atoms with E-state index in [0.29, 0.717) is 17.5 Å². The summed E-state index contributed by atoms with van der Waals surface area (Å²) in [4.78, 5) is 2.74. The van der Waals surface area contributed by atoms with Gasteiger partial charge in [0.1, 0.15) is 0 Å². The molecule has 2 aliphatic rings. The Morgan fingerprint density at radius 1 is 0.825 bits per heavy atom.